The predicted molar refractivity (Wildman–Crippen MR) is 135 cm³/mol. The van der Waals surface area contributed by atoms with Crippen LogP contribution in [0.3, 0.4) is 0 Å². The molecule has 0 bridgehead atoms. The fraction of sp³-hybridized carbons (Fsp3) is 0.308. The highest BCUT2D eigenvalue weighted by molar-refractivity contribution is 7.98. The lowest BCUT2D eigenvalue weighted by Gasteiger charge is -2.09. The molecule has 1 aliphatic rings. The molecular formula is C26H27N3S2. The van der Waals surface area contributed by atoms with Gasteiger partial charge in [0.05, 0.1) is 5.39 Å². The van der Waals surface area contributed by atoms with Crippen molar-refractivity contribution < 1.29 is 0 Å². The molecule has 2 aromatic heterocycles. The summed E-state index contributed by atoms with van der Waals surface area (Å²) < 4.78 is 0. The number of thioether (sulfide) groups is 1. The van der Waals surface area contributed by atoms with Gasteiger partial charge in [-0.2, -0.15) is 0 Å². The van der Waals surface area contributed by atoms with Crippen molar-refractivity contribution in [3.05, 3.63) is 70.6 Å². The lowest BCUT2D eigenvalue weighted by Crippen LogP contribution is -2.06. The number of rotatable bonds is 8. The third-order valence-corrected chi connectivity index (χ3v) is 7.35. The molecule has 1 N–H and O–H groups in total. The zero-order valence-corrected chi connectivity index (χ0v) is 19.7. The summed E-state index contributed by atoms with van der Waals surface area (Å²) in [4.78, 5) is 11.7. The van der Waals surface area contributed by atoms with Crippen LogP contribution in [0.1, 0.15) is 41.2 Å². The van der Waals surface area contributed by atoms with Crippen molar-refractivity contribution >= 4 is 39.1 Å². The molecule has 1 fully saturated rings. The summed E-state index contributed by atoms with van der Waals surface area (Å²) in [6.07, 6.45) is 6.86. The molecule has 0 spiro atoms. The highest BCUT2D eigenvalue weighted by Gasteiger charge is 2.22. The SMILES string of the molecule is CSc1nc(NCCCc2ccc(-c3ccc(C4CC4)cc3)cc2)c2cc(C)sc2n1. The summed E-state index contributed by atoms with van der Waals surface area (Å²) in [5, 5.41) is 5.51. The number of anilines is 1. The van der Waals surface area contributed by atoms with Gasteiger partial charge >= 0.3 is 0 Å². The minimum Gasteiger partial charge on any atom is -0.369 e. The molecule has 5 rings (SSSR count). The van der Waals surface area contributed by atoms with E-state index in [0.29, 0.717) is 0 Å². The molecular weight excluding hydrogens is 418 g/mol. The Balaban J connectivity index is 1.18. The second-order valence-corrected chi connectivity index (χ2v) is 10.3. The van der Waals surface area contributed by atoms with E-state index in [1.165, 1.54) is 40.0 Å². The van der Waals surface area contributed by atoms with E-state index in [0.717, 1.165) is 46.5 Å². The quantitative estimate of drug-likeness (QED) is 0.175. The number of nitrogens with one attached hydrogen (secondary N) is 1. The number of aromatic nitrogens is 2. The Bertz CT molecular complexity index is 1180. The number of fused-ring (bicyclic) bond motifs is 1. The Morgan fingerprint density at radius 3 is 2.39 bits per heavy atom. The van der Waals surface area contributed by atoms with Crippen molar-refractivity contribution in [2.75, 3.05) is 18.1 Å². The summed E-state index contributed by atoms with van der Waals surface area (Å²) >= 11 is 3.32. The zero-order chi connectivity index (χ0) is 21.2. The van der Waals surface area contributed by atoms with E-state index in [4.69, 9.17) is 4.98 Å². The first kappa shape index (κ1) is 20.5. The van der Waals surface area contributed by atoms with Crippen LogP contribution in [-0.2, 0) is 6.42 Å². The minimum absolute atomic E-state index is 0.819. The summed E-state index contributed by atoms with van der Waals surface area (Å²) in [6.45, 7) is 3.03. The van der Waals surface area contributed by atoms with Crippen LogP contribution in [0, 0.1) is 6.92 Å². The highest BCUT2D eigenvalue weighted by atomic mass is 32.2. The number of aryl methyl sites for hydroxylation is 2. The maximum atomic E-state index is 4.69. The molecule has 158 valence electrons. The third kappa shape index (κ3) is 4.78. The smallest absolute Gasteiger partial charge is 0.190 e. The molecule has 0 aliphatic heterocycles. The topological polar surface area (TPSA) is 37.8 Å². The van der Waals surface area contributed by atoms with Crippen molar-refractivity contribution in [2.45, 2.75) is 43.7 Å². The van der Waals surface area contributed by atoms with E-state index in [-0.39, 0.29) is 0 Å². The van der Waals surface area contributed by atoms with Gasteiger partial charge in [-0.05, 0) is 73.1 Å². The Labute approximate surface area is 192 Å². The molecule has 2 heterocycles. The summed E-state index contributed by atoms with van der Waals surface area (Å²) in [5.74, 6) is 1.78. The van der Waals surface area contributed by atoms with Crippen LogP contribution in [0.15, 0.2) is 59.8 Å². The largest absolute Gasteiger partial charge is 0.369 e. The lowest BCUT2D eigenvalue weighted by molar-refractivity contribution is 0.855. The molecule has 0 atom stereocenters. The molecule has 0 unspecified atom stereocenters. The molecule has 2 aromatic carbocycles. The normalized spacial score (nSPS) is 13.6. The van der Waals surface area contributed by atoms with Crippen molar-refractivity contribution in [2.24, 2.45) is 0 Å². The Morgan fingerprint density at radius 1 is 1.00 bits per heavy atom. The predicted octanol–water partition coefficient (Wildman–Crippen LogP) is 7.31. The van der Waals surface area contributed by atoms with Crippen molar-refractivity contribution in [3.63, 3.8) is 0 Å². The molecule has 3 nitrogen and oxygen atoms in total. The van der Waals surface area contributed by atoms with E-state index in [9.17, 15) is 0 Å². The van der Waals surface area contributed by atoms with E-state index in [1.807, 2.05) is 6.26 Å². The lowest BCUT2D eigenvalue weighted by atomic mass is 10.00. The van der Waals surface area contributed by atoms with Gasteiger partial charge in [-0.25, -0.2) is 9.97 Å². The number of hydrogen-bond acceptors (Lipinski definition) is 5. The first-order chi connectivity index (χ1) is 15.2. The van der Waals surface area contributed by atoms with Crippen LogP contribution in [0.5, 0.6) is 0 Å². The number of benzene rings is 2. The Morgan fingerprint density at radius 2 is 1.71 bits per heavy atom. The van der Waals surface area contributed by atoms with Gasteiger partial charge in [0.25, 0.3) is 0 Å². The van der Waals surface area contributed by atoms with Crippen molar-refractivity contribution in [3.8, 4) is 11.1 Å². The van der Waals surface area contributed by atoms with E-state index >= 15 is 0 Å². The van der Waals surface area contributed by atoms with Crippen molar-refractivity contribution in [1.82, 2.24) is 9.97 Å². The van der Waals surface area contributed by atoms with Crippen LogP contribution in [-0.4, -0.2) is 22.8 Å². The van der Waals surface area contributed by atoms with Gasteiger partial charge in [-0.1, -0.05) is 60.3 Å². The van der Waals surface area contributed by atoms with Gasteiger partial charge in [-0.3, -0.25) is 0 Å². The second-order valence-electron chi connectivity index (χ2n) is 8.26. The van der Waals surface area contributed by atoms with Gasteiger partial charge in [0, 0.05) is 11.4 Å². The maximum Gasteiger partial charge on any atom is 0.190 e. The summed E-state index contributed by atoms with van der Waals surface area (Å²) in [5.41, 5.74) is 5.48. The Kier molecular flexibility index (Phi) is 5.97. The average Bonchev–Trinajstić information content (AvgIpc) is 3.58. The number of nitrogens with zero attached hydrogens (tertiary/aromatic N) is 2. The van der Waals surface area contributed by atoms with Crippen LogP contribution in [0.4, 0.5) is 5.82 Å². The fourth-order valence-electron chi connectivity index (χ4n) is 3.98. The molecule has 31 heavy (non-hydrogen) atoms. The minimum atomic E-state index is 0.819. The van der Waals surface area contributed by atoms with Crippen LogP contribution >= 0.6 is 23.1 Å². The van der Waals surface area contributed by atoms with Gasteiger partial charge in [-0.15, -0.1) is 11.3 Å². The molecule has 0 amide bonds. The zero-order valence-electron chi connectivity index (χ0n) is 18.0. The van der Waals surface area contributed by atoms with Crippen LogP contribution in [0.25, 0.3) is 21.3 Å². The van der Waals surface area contributed by atoms with Gasteiger partial charge in [0.2, 0.25) is 0 Å². The van der Waals surface area contributed by atoms with Crippen molar-refractivity contribution in [1.29, 1.82) is 0 Å². The molecule has 4 aromatic rings. The van der Waals surface area contributed by atoms with Gasteiger partial charge in [0.15, 0.2) is 5.16 Å². The van der Waals surface area contributed by atoms with Gasteiger partial charge < -0.3 is 5.32 Å². The molecule has 0 radical (unpaired) electrons. The first-order valence-corrected chi connectivity index (χ1v) is 13.0. The number of thiophene rings is 1. The molecule has 0 saturated heterocycles. The third-order valence-electron chi connectivity index (χ3n) is 5.86. The summed E-state index contributed by atoms with van der Waals surface area (Å²) in [6, 6.07) is 20.4. The monoisotopic (exact) mass is 445 g/mol. The Hall–Kier alpha value is -2.37. The van der Waals surface area contributed by atoms with E-state index in [1.54, 1.807) is 23.1 Å². The average molecular weight is 446 g/mol. The fourth-order valence-corrected chi connectivity index (χ4v) is 5.28. The highest BCUT2D eigenvalue weighted by Crippen LogP contribution is 2.40. The molecule has 5 heteroatoms. The maximum absolute atomic E-state index is 4.69. The molecule has 1 saturated carbocycles. The standard InChI is InChI=1S/C26H27N3S2/c1-17-16-23-24(28-26(30-2)29-25(23)31-17)27-15-3-4-18-5-7-19(8-6-18)20-9-11-21(12-10-20)22-13-14-22/h5-12,16,22H,3-4,13-15H2,1-2H3,(H,27,28,29). The van der Waals surface area contributed by atoms with E-state index in [2.05, 4.69) is 71.8 Å². The first-order valence-electron chi connectivity index (χ1n) is 10.9. The van der Waals surface area contributed by atoms with E-state index < -0.39 is 0 Å². The summed E-state index contributed by atoms with van der Waals surface area (Å²) in [7, 11) is 0. The van der Waals surface area contributed by atoms with Crippen LogP contribution in [0.2, 0.25) is 0 Å². The number of hydrogen-bond donors (Lipinski definition) is 1. The molecule has 1 aliphatic carbocycles. The second kappa shape index (κ2) is 9.01. The van der Waals surface area contributed by atoms with Gasteiger partial charge in [0.1, 0.15) is 10.6 Å². The van der Waals surface area contributed by atoms with Crippen LogP contribution < -0.4 is 5.32 Å².